The van der Waals surface area contributed by atoms with Gasteiger partial charge < -0.3 is 14.9 Å². The van der Waals surface area contributed by atoms with Crippen molar-refractivity contribution in [3.63, 3.8) is 0 Å². The Bertz CT molecular complexity index is 429. The topological polar surface area (TPSA) is 77.9 Å². The van der Waals surface area contributed by atoms with Crippen molar-refractivity contribution in [1.29, 1.82) is 0 Å². The van der Waals surface area contributed by atoms with Gasteiger partial charge in [-0.05, 0) is 12.8 Å². The summed E-state index contributed by atoms with van der Waals surface area (Å²) in [7, 11) is 3.24. The minimum Gasteiger partial charge on any atom is -0.479 e. The molecule has 6 heteroatoms. The van der Waals surface area contributed by atoms with Gasteiger partial charge in [0.15, 0.2) is 0 Å². The number of likely N-dealkylation sites (N-methyl/N-ethyl adjacent to an activating group) is 1. The van der Waals surface area contributed by atoms with Crippen LogP contribution in [-0.2, 0) is 14.4 Å². The number of hydrogen-bond acceptors (Lipinski definition) is 3. The summed E-state index contributed by atoms with van der Waals surface area (Å²) in [6.45, 7) is 0.387. The third-order valence-electron chi connectivity index (χ3n) is 4.74. The Morgan fingerprint density at radius 2 is 1.90 bits per heavy atom. The monoisotopic (exact) mass is 282 g/mol. The van der Waals surface area contributed by atoms with Crippen LogP contribution >= 0.6 is 0 Å². The molecule has 1 unspecified atom stereocenters. The van der Waals surface area contributed by atoms with Gasteiger partial charge in [0.05, 0.1) is 5.92 Å². The normalized spacial score (nSPS) is 25.6. The van der Waals surface area contributed by atoms with Crippen molar-refractivity contribution in [2.75, 3.05) is 20.6 Å². The highest BCUT2D eigenvalue weighted by atomic mass is 16.4. The van der Waals surface area contributed by atoms with Gasteiger partial charge in [-0.1, -0.05) is 19.3 Å². The van der Waals surface area contributed by atoms with Crippen LogP contribution in [0.15, 0.2) is 0 Å². The quantitative estimate of drug-likeness (QED) is 0.827. The number of nitrogens with zero attached hydrogens (tertiary/aromatic N) is 2. The molecule has 1 aliphatic carbocycles. The zero-order valence-corrected chi connectivity index (χ0v) is 12.1. The molecule has 1 aliphatic heterocycles. The van der Waals surface area contributed by atoms with Crippen molar-refractivity contribution < 1.29 is 19.5 Å². The molecule has 2 amide bonds. The first-order chi connectivity index (χ1) is 9.38. The summed E-state index contributed by atoms with van der Waals surface area (Å²) in [5, 5.41) is 9.58. The number of aliphatic carboxylic acids is 1. The van der Waals surface area contributed by atoms with Crippen LogP contribution in [0.25, 0.3) is 0 Å². The van der Waals surface area contributed by atoms with E-state index in [9.17, 15) is 19.5 Å². The second-order valence-electron chi connectivity index (χ2n) is 5.97. The number of amides is 2. The fourth-order valence-electron chi connectivity index (χ4n) is 3.34. The van der Waals surface area contributed by atoms with Crippen LogP contribution in [0.5, 0.6) is 0 Å². The van der Waals surface area contributed by atoms with Gasteiger partial charge in [-0.25, -0.2) is 4.79 Å². The first kappa shape index (κ1) is 14.8. The third-order valence-corrected chi connectivity index (χ3v) is 4.74. The van der Waals surface area contributed by atoms with E-state index in [2.05, 4.69) is 0 Å². The smallest absolute Gasteiger partial charge is 0.329 e. The summed E-state index contributed by atoms with van der Waals surface area (Å²) in [6.07, 6.45) is 3.86. The molecule has 112 valence electrons. The van der Waals surface area contributed by atoms with Crippen LogP contribution in [-0.4, -0.2) is 58.9 Å². The van der Waals surface area contributed by atoms with Crippen molar-refractivity contribution in [3.8, 4) is 0 Å². The van der Waals surface area contributed by atoms with Crippen LogP contribution in [0.4, 0.5) is 0 Å². The second kappa shape index (κ2) is 5.42. The summed E-state index contributed by atoms with van der Waals surface area (Å²) in [6, 6.07) is 0. The van der Waals surface area contributed by atoms with Gasteiger partial charge in [0, 0.05) is 27.1 Å². The molecule has 20 heavy (non-hydrogen) atoms. The molecule has 0 aromatic rings. The molecule has 2 fully saturated rings. The van der Waals surface area contributed by atoms with Crippen molar-refractivity contribution in [1.82, 2.24) is 9.80 Å². The molecule has 2 aliphatic rings. The van der Waals surface area contributed by atoms with E-state index in [1.54, 1.807) is 14.1 Å². The van der Waals surface area contributed by atoms with Gasteiger partial charge >= 0.3 is 5.97 Å². The number of carbonyl (C=O) groups excluding carboxylic acids is 2. The molecule has 0 bridgehead atoms. The molecular weight excluding hydrogens is 260 g/mol. The van der Waals surface area contributed by atoms with Crippen LogP contribution in [0.3, 0.4) is 0 Å². The van der Waals surface area contributed by atoms with E-state index in [1.807, 2.05) is 0 Å². The van der Waals surface area contributed by atoms with E-state index < -0.39 is 17.4 Å². The predicted molar refractivity (Wildman–Crippen MR) is 72.0 cm³/mol. The molecule has 1 N–H and O–H groups in total. The molecule has 0 spiro atoms. The van der Waals surface area contributed by atoms with Crippen LogP contribution < -0.4 is 0 Å². The molecular formula is C14H22N2O4. The lowest BCUT2D eigenvalue weighted by atomic mass is 9.80. The summed E-state index contributed by atoms with van der Waals surface area (Å²) >= 11 is 0. The summed E-state index contributed by atoms with van der Waals surface area (Å²) in [5.41, 5.74) is -1.08. The molecule has 0 radical (unpaired) electrons. The van der Waals surface area contributed by atoms with Gasteiger partial charge in [0.2, 0.25) is 11.8 Å². The number of likely N-dealkylation sites (tertiary alicyclic amines) is 1. The molecule has 0 aromatic carbocycles. The zero-order chi connectivity index (χ0) is 14.9. The minimum absolute atomic E-state index is 0.0511. The van der Waals surface area contributed by atoms with Crippen LogP contribution in [0, 0.1) is 5.92 Å². The Morgan fingerprint density at radius 1 is 1.30 bits per heavy atom. The molecule has 1 atom stereocenters. The first-order valence-electron chi connectivity index (χ1n) is 7.13. The summed E-state index contributed by atoms with van der Waals surface area (Å²) in [4.78, 5) is 38.7. The van der Waals surface area contributed by atoms with Gasteiger partial charge in [-0.15, -0.1) is 0 Å². The van der Waals surface area contributed by atoms with E-state index >= 15 is 0 Å². The first-order valence-corrected chi connectivity index (χ1v) is 7.13. The van der Waals surface area contributed by atoms with E-state index in [4.69, 9.17) is 0 Å². The summed E-state index contributed by atoms with van der Waals surface area (Å²) < 4.78 is 0. The van der Waals surface area contributed by atoms with Gasteiger partial charge in [0.25, 0.3) is 0 Å². The molecule has 0 aromatic heterocycles. The standard InChI is InChI=1S/C14H22N2O4/c1-15-9-10(8-11(15)17)12(18)16(2)14(13(19)20)6-4-3-5-7-14/h10H,3-9H2,1-2H3,(H,19,20). The second-order valence-corrected chi connectivity index (χ2v) is 5.97. The SMILES string of the molecule is CN1CC(C(=O)N(C)C2(C(=O)O)CCCCC2)CC1=O. The van der Waals surface area contributed by atoms with Crippen molar-refractivity contribution in [2.45, 2.75) is 44.1 Å². The van der Waals surface area contributed by atoms with Gasteiger partial charge in [0.1, 0.15) is 5.54 Å². The van der Waals surface area contributed by atoms with Crippen LogP contribution in [0.1, 0.15) is 38.5 Å². The van der Waals surface area contributed by atoms with E-state index in [-0.39, 0.29) is 18.2 Å². The van der Waals surface area contributed by atoms with Gasteiger partial charge in [-0.3, -0.25) is 9.59 Å². The fourth-order valence-corrected chi connectivity index (χ4v) is 3.34. The number of carboxylic acid groups (broad SMARTS) is 1. The molecule has 1 saturated carbocycles. The Hall–Kier alpha value is -1.59. The lowest BCUT2D eigenvalue weighted by Gasteiger charge is -2.41. The van der Waals surface area contributed by atoms with E-state index in [1.165, 1.54) is 9.80 Å². The highest BCUT2D eigenvalue weighted by molar-refractivity contribution is 5.92. The Morgan fingerprint density at radius 3 is 2.35 bits per heavy atom. The van der Waals surface area contributed by atoms with E-state index in [0.717, 1.165) is 19.3 Å². The number of carboxylic acids is 1. The maximum absolute atomic E-state index is 12.5. The highest BCUT2D eigenvalue weighted by Gasteiger charge is 2.47. The highest BCUT2D eigenvalue weighted by Crippen LogP contribution is 2.35. The molecule has 6 nitrogen and oxygen atoms in total. The third kappa shape index (κ3) is 2.39. The predicted octanol–water partition coefficient (Wildman–Crippen LogP) is 0.711. The maximum atomic E-state index is 12.5. The molecule has 2 rings (SSSR count). The fraction of sp³-hybridized carbons (Fsp3) is 0.786. The van der Waals surface area contributed by atoms with E-state index in [0.29, 0.717) is 19.4 Å². The van der Waals surface area contributed by atoms with Crippen molar-refractivity contribution in [3.05, 3.63) is 0 Å². The number of carbonyl (C=O) groups is 3. The van der Waals surface area contributed by atoms with Crippen molar-refractivity contribution in [2.24, 2.45) is 5.92 Å². The van der Waals surface area contributed by atoms with Crippen molar-refractivity contribution >= 4 is 17.8 Å². The lowest BCUT2D eigenvalue weighted by molar-refractivity contribution is -0.161. The number of rotatable bonds is 3. The zero-order valence-electron chi connectivity index (χ0n) is 12.1. The average molecular weight is 282 g/mol. The maximum Gasteiger partial charge on any atom is 0.329 e. The lowest BCUT2D eigenvalue weighted by Crippen LogP contribution is -2.57. The summed E-state index contributed by atoms with van der Waals surface area (Å²) in [5.74, 6) is -1.60. The Balaban J connectivity index is 2.15. The minimum atomic E-state index is -1.08. The van der Waals surface area contributed by atoms with Gasteiger partial charge in [-0.2, -0.15) is 0 Å². The largest absolute Gasteiger partial charge is 0.479 e. The molecule has 1 saturated heterocycles. The Labute approximate surface area is 118 Å². The number of hydrogen-bond donors (Lipinski definition) is 1. The Kier molecular flexibility index (Phi) is 4.01. The molecule has 1 heterocycles. The average Bonchev–Trinajstić information content (AvgIpc) is 2.77. The van der Waals surface area contributed by atoms with Crippen LogP contribution in [0.2, 0.25) is 0 Å².